The van der Waals surface area contributed by atoms with E-state index in [1.807, 2.05) is 28.9 Å². The number of fused-ring (bicyclic) bond motifs is 3. The minimum atomic E-state index is -0.483. The zero-order valence-electron chi connectivity index (χ0n) is 21.6. The molecule has 2 bridgehead atoms. The molecule has 1 aliphatic carbocycles. The fourth-order valence-electron chi connectivity index (χ4n) is 7.04. The topological polar surface area (TPSA) is 44.1 Å². The first-order chi connectivity index (χ1) is 17.7. The number of aromatic nitrogens is 2. The normalized spacial score (nSPS) is 26.6. The van der Waals surface area contributed by atoms with Crippen LogP contribution in [-0.2, 0) is 21.5 Å². The molecule has 1 aromatic heterocycles. The maximum absolute atomic E-state index is 14.0. The molecule has 5 nitrogen and oxygen atoms in total. The lowest BCUT2D eigenvalue weighted by atomic mass is 9.74. The van der Waals surface area contributed by atoms with Crippen molar-refractivity contribution in [1.82, 2.24) is 9.78 Å². The Morgan fingerprint density at radius 3 is 2.24 bits per heavy atom. The second kappa shape index (κ2) is 11.0. The number of halogens is 1. The van der Waals surface area contributed by atoms with Crippen molar-refractivity contribution in [1.29, 1.82) is 0 Å². The first-order valence-corrected chi connectivity index (χ1v) is 13.9. The van der Waals surface area contributed by atoms with Gasteiger partial charge < -0.3 is 21.6 Å². The highest BCUT2D eigenvalue weighted by atomic mass is 35.5. The Morgan fingerprint density at radius 1 is 0.919 bits per heavy atom. The van der Waals surface area contributed by atoms with Gasteiger partial charge in [-0.05, 0) is 36.6 Å². The molecule has 196 valence electrons. The Labute approximate surface area is 226 Å². The van der Waals surface area contributed by atoms with E-state index in [-0.39, 0.29) is 24.5 Å². The van der Waals surface area contributed by atoms with E-state index in [0.29, 0.717) is 5.92 Å². The van der Waals surface area contributed by atoms with Crippen molar-refractivity contribution in [2.24, 2.45) is 5.92 Å². The first-order valence-electron chi connectivity index (χ1n) is 13.9. The number of esters is 1. The van der Waals surface area contributed by atoms with E-state index in [4.69, 9.17) is 9.84 Å². The van der Waals surface area contributed by atoms with Crippen molar-refractivity contribution in [3.05, 3.63) is 84.2 Å². The van der Waals surface area contributed by atoms with Crippen LogP contribution < -0.4 is 12.4 Å². The third-order valence-electron chi connectivity index (χ3n) is 9.14. The third kappa shape index (κ3) is 5.21. The Hall–Kier alpha value is -2.63. The quantitative estimate of drug-likeness (QED) is 0.286. The van der Waals surface area contributed by atoms with Crippen LogP contribution in [0.3, 0.4) is 0 Å². The lowest BCUT2D eigenvalue weighted by Crippen LogP contribution is -3.00. The smallest absolute Gasteiger partial charge is 0.317 e. The van der Waals surface area contributed by atoms with E-state index < -0.39 is 5.41 Å². The molecule has 4 fully saturated rings. The lowest BCUT2D eigenvalue weighted by molar-refractivity contribution is -0.958. The Balaban J connectivity index is 0.00000280. The maximum atomic E-state index is 14.0. The number of quaternary nitrogens is 1. The third-order valence-corrected chi connectivity index (χ3v) is 9.14. The average Bonchev–Trinajstić information content (AvgIpc) is 3.23. The number of benzene rings is 2. The van der Waals surface area contributed by atoms with Gasteiger partial charge in [0.15, 0.2) is 6.10 Å². The van der Waals surface area contributed by atoms with Crippen LogP contribution in [-0.4, -0.2) is 46.0 Å². The number of hydrogen-bond acceptors (Lipinski definition) is 3. The molecule has 37 heavy (non-hydrogen) atoms. The van der Waals surface area contributed by atoms with Crippen molar-refractivity contribution in [2.75, 3.05) is 19.6 Å². The molecule has 4 aliphatic rings. The average molecular weight is 520 g/mol. The fraction of sp³-hybridized carbons (Fsp3) is 0.484. The molecule has 0 spiro atoms. The predicted molar refractivity (Wildman–Crippen MR) is 141 cm³/mol. The Morgan fingerprint density at radius 2 is 1.57 bits per heavy atom. The number of rotatable bonds is 6. The summed E-state index contributed by atoms with van der Waals surface area (Å²) in [5, 5.41) is 4.90. The van der Waals surface area contributed by atoms with Crippen LogP contribution in [0.15, 0.2) is 72.9 Å². The number of hydrogen-bond donors (Lipinski definition) is 0. The first kappa shape index (κ1) is 26.0. The molecule has 2 aromatic carbocycles. The second-order valence-electron chi connectivity index (χ2n) is 11.4. The molecule has 3 aliphatic heterocycles. The summed E-state index contributed by atoms with van der Waals surface area (Å²) in [5.41, 5.74) is 2.87. The van der Waals surface area contributed by atoms with Crippen LogP contribution >= 0.6 is 0 Å². The van der Waals surface area contributed by atoms with E-state index >= 15 is 0 Å². The Bertz CT molecular complexity index is 1160. The zero-order valence-corrected chi connectivity index (χ0v) is 22.4. The predicted octanol–water partition coefficient (Wildman–Crippen LogP) is 2.82. The van der Waals surface area contributed by atoms with Gasteiger partial charge in [0, 0.05) is 25.0 Å². The number of carbonyl (C=O) groups is 1. The van der Waals surface area contributed by atoms with Gasteiger partial charge in [0.1, 0.15) is 18.8 Å². The standard InChI is InChI=1S/C31H38N3O2.ClH/c35-30(31(18-9-1-2-10-19-31)26-11-5-3-6-12-26)36-29-24-34(21-16-25(29)17-22-34)23-27-15-20-33(32-27)28-13-7-4-8-14-28;/h3-8,11-15,20,25,29H,1-2,9-10,16-19,21-24H2;1H/q+1;/p-1/t25?,29-,34?;/m0./s1. The van der Waals surface area contributed by atoms with Gasteiger partial charge in [-0.2, -0.15) is 5.10 Å². The molecule has 0 amide bonds. The largest absolute Gasteiger partial charge is 1.00 e. The summed E-state index contributed by atoms with van der Waals surface area (Å²) in [6.07, 6.45) is 10.8. The van der Waals surface area contributed by atoms with Gasteiger partial charge >= 0.3 is 5.97 Å². The molecular formula is C31H38ClN3O2. The minimum absolute atomic E-state index is 0. The van der Waals surface area contributed by atoms with Gasteiger partial charge in [-0.15, -0.1) is 0 Å². The molecule has 0 unspecified atom stereocenters. The molecule has 4 heterocycles. The van der Waals surface area contributed by atoms with Gasteiger partial charge in [0.2, 0.25) is 0 Å². The maximum Gasteiger partial charge on any atom is 0.317 e. The number of carbonyl (C=O) groups excluding carboxylic acids is 1. The highest BCUT2D eigenvalue weighted by Gasteiger charge is 2.50. The van der Waals surface area contributed by atoms with Crippen LogP contribution in [0, 0.1) is 5.92 Å². The van der Waals surface area contributed by atoms with E-state index in [9.17, 15) is 4.79 Å². The van der Waals surface area contributed by atoms with Gasteiger partial charge in [0.05, 0.1) is 24.2 Å². The summed E-state index contributed by atoms with van der Waals surface area (Å²) in [5.74, 6) is 0.523. The van der Waals surface area contributed by atoms with Crippen LogP contribution in [0.25, 0.3) is 5.69 Å². The van der Waals surface area contributed by atoms with E-state index in [1.165, 1.54) is 12.8 Å². The summed E-state index contributed by atoms with van der Waals surface area (Å²) in [6.45, 7) is 4.13. The van der Waals surface area contributed by atoms with Crippen molar-refractivity contribution >= 4 is 5.97 Å². The van der Waals surface area contributed by atoms with Crippen LogP contribution in [0.2, 0.25) is 0 Å². The molecule has 0 radical (unpaired) electrons. The van der Waals surface area contributed by atoms with Gasteiger partial charge in [-0.25, -0.2) is 4.68 Å². The molecule has 7 rings (SSSR count). The minimum Gasteiger partial charge on any atom is -1.00 e. The fourth-order valence-corrected chi connectivity index (χ4v) is 7.04. The van der Waals surface area contributed by atoms with Gasteiger partial charge in [-0.1, -0.05) is 74.2 Å². The number of para-hydroxylation sites is 1. The molecule has 1 saturated carbocycles. The highest BCUT2D eigenvalue weighted by Crippen LogP contribution is 2.42. The van der Waals surface area contributed by atoms with Gasteiger partial charge in [0.25, 0.3) is 0 Å². The summed E-state index contributed by atoms with van der Waals surface area (Å²) in [6, 6.07) is 22.9. The lowest BCUT2D eigenvalue weighted by Gasteiger charge is -2.52. The molecule has 6 heteroatoms. The summed E-state index contributed by atoms with van der Waals surface area (Å²) in [4.78, 5) is 14.0. The summed E-state index contributed by atoms with van der Waals surface area (Å²) >= 11 is 0. The molecular weight excluding hydrogens is 482 g/mol. The highest BCUT2D eigenvalue weighted by molar-refractivity contribution is 5.83. The molecule has 3 saturated heterocycles. The van der Waals surface area contributed by atoms with Crippen molar-refractivity contribution < 1.29 is 26.4 Å². The number of ether oxygens (including phenoxy) is 1. The zero-order chi connectivity index (χ0) is 24.4. The van der Waals surface area contributed by atoms with Crippen LogP contribution in [0.5, 0.6) is 0 Å². The number of piperidine rings is 3. The van der Waals surface area contributed by atoms with E-state index in [0.717, 1.165) is 86.1 Å². The second-order valence-corrected chi connectivity index (χ2v) is 11.4. The summed E-state index contributed by atoms with van der Waals surface area (Å²) in [7, 11) is 0. The van der Waals surface area contributed by atoms with E-state index in [1.54, 1.807) is 0 Å². The van der Waals surface area contributed by atoms with Gasteiger partial charge in [-0.3, -0.25) is 4.79 Å². The van der Waals surface area contributed by atoms with Crippen molar-refractivity contribution in [3.63, 3.8) is 0 Å². The molecule has 3 aromatic rings. The Kier molecular flexibility index (Phi) is 7.73. The SMILES string of the molecule is O=C(O[C@H]1C[N+]2(Cc3ccn(-c4ccccc4)n3)CCC1CC2)C1(c2ccccc2)CCCCCC1.[Cl-]. The van der Waals surface area contributed by atoms with E-state index in [2.05, 4.69) is 48.7 Å². The molecule has 1 atom stereocenters. The van der Waals surface area contributed by atoms with Crippen molar-refractivity contribution in [2.45, 2.75) is 69.4 Å². The molecule has 0 N–H and O–H groups in total. The monoisotopic (exact) mass is 519 g/mol. The van der Waals surface area contributed by atoms with Crippen LogP contribution in [0.4, 0.5) is 0 Å². The number of nitrogens with zero attached hydrogens (tertiary/aromatic N) is 3. The van der Waals surface area contributed by atoms with Crippen LogP contribution in [0.1, 0.15) is 62.6 Å². The van der Waals surface area contributed by atoms with Crippen molar-refractivity contribution in [3.8, 4) is 5.69 Å². The summed E-state index contributed by atoms with van der Waals surface area (Å²) < 4.78 is 9.49.